The van der Waals surface area contributed by atoms with E-state index in [1.54, 1.807) is 25.3 Å². The van der Waals surface area contributed by atoms with E-state index in [2.05, 4.69) is 4.72 Å². The van der Waals surface area contributed by atoms with Crippen molar-refractivity contribution in [3.05, 3.63) is 35.4 Å². The van der Waals surface area contributed by atoms with Crippen LogP contribution >= 0.6 is 0 Å². The Labute approximate surface area is 142 Å². The van der Waals surface area contributed by atoms with Gasteiger partial charge in [0.05, 0.1) is 23.5 Å². The maximum atomic E-state index is 12.1. The van der Waals surface area contributed by atoms with E-state index in [0.717, 1.165) is 25.7 Å². The van der Waals surface area contributed by atoms with E-state index in [-0.39, 0.29) is 24.2 Å². The molecule has 7 heteroatoms. The molecular weight excluding hydrogens is 328 g/mol. The molecule has 6 nitrogen and oxygen atoms in total. The number of nitrogens with one attached hydrogen (secondary N) is 1. The standard InChI is InChI=1S/C17H22N2O4S/c1-23-16-7-5-13(6-8-16)10-17(20)19-24(21,22)12-15-4-2-3-14(9-15)11-18/h2-4,9,13,16H,5-8,10,12H2,1H3,(H,19,20). The van der Waals surface area contributed by atoms with Crippen LogP contribution in [-0.2, 0) is 25.3 Å². The van der Waals surface area contributed by atoms with Crippen LogP contribution in [0.15, 0.2) is 24.3 Å². The highest BCUT2D eigenvalue weighted by atomic mass is 32.2. The molecule has 1 amide bonds. The quantitative estimate of drug-likeness (QED) is 0.847. The Balaban J connectivity index is 1.87. The molecule has 1 aromatic rings. The highest BCUT2D eigenvalue weighted by Gasteiger charge is 2.24. The molecule has 0 bridgehead atoms. The Morgan fingerprint density at radius 3 is 2.67 bits per heavy atom. The van der Waals surface area contributed by atoms with E-state index >= 15 is 0 Å². The molecule has 24 heavy (non-hydrogen) atoms. The molecule has 1 N–H and O–H groups in total. The molecular formula is C17H22N2O4S. The van der Waals surface area contributed by atoms with E-state index in [9.17, 15) is 13.2 Å². The molecule has 0 radical (unpaired) electrons. The molecule has 1 aliphatic carbocycles. The summed E-state index contributed by atoms with van der Waals surface area (Å²) >= 11 is 0. The average molecular weight is 350 g/mol. The Morgan fingerprint density at radius 2 is 2.04 bits per heavy atom. The largest absolute Gasteiger partial charge is 0.381 e. The van der Waals surface area contributed by atoms with Crippen molar-refractivity contribution < 1.29 is 17.9 Å². The van der Waals surface area contributed by atoms with Gasteiger partial charge in [0.2, 0.25) is 15.9 Å². The SMILES string of the molecule is COC1CCC(CC(=O)NS(=O)(=O)Cc2cccc(C#N)c2)CC1. The summed E-state index contributed by atoms with van der Waals surface area (Å²) in [5, 5.41) is 8.85. The molecule has 0 aliphatic heterocycles. The third kappa shape index (κ3) is 5.62. The summed E-state index contributed by atoms with van der Waals surface area (Å²) in [7, 11) is -2.07. The monoisotopic (exact) mass is 350 g/mol. The van der Waals surface area contributed by atoms with E-state index in [1.165, 1.54) is 6.07 Å². The van der Waals surface area contributed by atoms with Crippen molar-refractivity contribution in [2.24, 2.45) is 5.92 Å². The van der Waals surface area contributed by atoms with Crippen molar-refractivity contribution in [2.75, 3.05) is 7.11 Å². The van der Waals surface area contributed by atoms with Gasteiger partial charge in [-0.2, -0.15) is 5.26 Å². The van der Waals surface area contributed by atoms with Gasteiger partial charge in [-0.3, -0.25) is 9.52 Å². The molecule has 2 rings (SSSR count). The molecule has 130 valence electrons. The molecule has 1 saturated carbocycles. The number of hydrogen-bond donors (Lipinski definition) is 1. The van der Waals surface area contributed by atoms with Gasteiger partial charge in [-0.05, 0) is 49.3 Å². The lowest BCUT2D eigenvalue weighted by Gasteiger charge is -2.27. The Morgan fingerprint density at radius 1 is 1.33 bits per heavy atom. The van der Waals surface area contributed by atoms with Gasteiger partial charge in [-0.25, -0.2) is 8.42 Å². The van der Waals surface area contributed by atoms with Crippen molar-refractivity contribution in [1.29, 1.82) is 5.26 Å². The number of nitriles is 1. The molecule has 0 aromatic heterocycles. The number of amides is 1. The second-order valence-electron chi connectivity index (χ2n) is 6.18. The third-order valence-electron chi connectivity index (χ3n) is 4.28. The van der Waals surface area contributed by atoms with Crippen molar-refractivity contribution in [2.45, 2.75) is 44.0 Å². The Hall–Kier alpha value is -1.91. The van der Waals surface area contributed by atoms with Gasteiger partial charge >= 0.3 is 0 Å². The lowest BCUT2D eigenvalue weighted by Crippen LogP contribution is -2.33. The van der Waals surface area contributed by atoms with Gasteiger partial charge in [-0.1, -0.05) is 12.1 Å². The van der Waals surface area contributed by atoms with Crippen molar-refractivity contribution in [1.82, 2.24) is 4.72 Å². The van der Waals surface area contributed by atoms with Gasteiger partial charge < -0.3 is 4.74 Å². The molecule has 0 atom stereocenters. The second-order valence-corrected chi connectivity index (χ2v) is 7.90. The Bertz CT molecular complexity index is 716. The van der Waals surface area contributed by atoms with E-state index in [4.69, 9.17) is 10.00 Å². The average Bonchev–Trinajstić information content (AvgIpc) is 2.54. The normalized spacial score (nSPS) is 21.0. The fourth-order valence-electron chi connectivity index (χ4n) is 3.04. The number of rotatable bonds is 6. The first-order valence-corrected chi connectivity index (χ1v) is 9.62. The summed E-state index contributed by atoms with van der Waals surface area (Å²) in [6.07, 6.45) is 4.02. The molecule has 0 spiro atoms. The van der Waals surface area contributed by atoms with Crippen LogP contribution in [0.5, 0.6) is 0 Å². The summed E-state index contributed by atoms with van der Waals surface area (Å²) in [6, 6.07) is 8.32. The predicted octanol–water partition coefficient (Wildman–Crippen LogP) is 2.10. The van der Waals surface area contributed by atoms with Gasteiger partial charge in [0.1, 0.15) is 0 Å². The minimum Gasteiger partial charge on any atom is -0.381 e. The molecule has 0 unspecified atom stereocenters. The van der Waals surface area contributed by atoms with E-state index in [0.29, 0.717) is 11.1 Å². The maximum absolute atomic E-state index is 12.1. The first-order chi connectivity index (χ1) is 11.4. The predicted molar refractivity (Wildman–Crippen MR) is 89.3 cm³/mol. The topological polar surface area (TPSA) is 96.3 Å². The van der Waals surface area contributed by atoms with Crippen LogP contribution in [0.2, 0.25) is 0 Å². The van der Waals surface area contributed by atoms with Gasteiger partial charge in [0, 0.05) is 13.5 Å². The minimum atomic E-state index is -3.76. The van der Waals surface area contributed by atoms with Gasteiger partial charge in [0.15, 0.2) is 0 Å². The van der Waals surface area contributed by atoms with Gasteiger partial charge in [0.25, 0.3) is 0 Å². The number of sulfonamides is 1. The van der Waals surface area contributed by atoms with Gasteiger partial charge in [-0.15, -0.1) is 0 Å². The second kappa shape index (κ2) is 8.27. The number of benzene rings is 1. The van der Waals surface area contributed by atoms with Crippen LogP contribution in [0, 0.1) is 17.2 Å². The summed E-state index contributed by atoms with van der Waals surface area (Å²) in [6.45, 7) is 0. The van der Waals surface area contributed by atoms with Crippen molar-refractivity contribution in [3.8, 4) is 6.07 Å². The summed E-state index contributed by atoms with van der Waals surface area (Å²) < 4.78 is 31.7. The van der Waals surface area contributed by atoms with E-state index in [1.807, 2.05) is 6.07 Å². The van der Waals surface area contributed by atoms with Crippen LogP contribution in [0.25, 0.3) is 0 Å². The lowest BCUT2D eigenvalue weighted by molar-refractivity contribution is -0.120. The van der Waals surface area contributed by atoms with Crippen molar-refractivity contribution in [3.63, 3.8) is 0 Å². The lowest BCUT2D eigenvalue weighted by atomic mass is 9.85. The van der Waals surface area contributed by atoms with Crippen LogP contribution in [-0.4, -0.2) is 27.5 Å². The number of methoxy groups -OCH3 is 1. The molecule has 1 aliphatic rings. The number of carbonyl (C=O) groups excluding carboxylic acids is 1. The number of ether oxygens (including phenoxy) is 1. The number of nitrogens with zero attached hydrogens (tertiary/aromatic N) is 1. The van der Waals surface area contributed by atoms with Crippen LogP contribution in [0.1, 0.15) is 43.2 Å². The summed E-state index contributed by atoms with van der Waals surface area (Å²) in [4.78, 5) is 12.0. The molecule has 1 fully saturated rings. The fourth-order valence-corrected chi connectivity index (χ4v) is 4.16. The number of carbonyl (C=O) groups is 1. The maximum Gasteiger partial charge on any atom is 0.239 e. The smallest absolute Gasteiger partial charge is 0.239 e. The third-order valence-corrected chi connectivity index (χ3v) is 5.54. The Kier molecular flexibility index (Phi) is 6.35. The van der Waals surface area contributed by atoms with E-state index < -0.39 is 15.9 Å². The first kappa shape index (κ1) is 18.4. The van der Waals surface area contributed by atoms with Crippen LogP contribution in [0.4, 0.5) is 0 Å². The zero-order valence-electron chi connectivity index (χ0n) is 13.7. The number of hydrogen-bond acceptors (Lipinski definition) is 5. The summed E-state index contributed by atoms with van der Waals surface area (Å²) in [5.41, 5.74) is 0.874. The molecule has 1 aromatic carbocycles. The zero-order valence-corrected chi connectivity index (χ0v) is 14.5. The van der Waals surface area contributed by atoms with Crippen molar-refractivity contribution >= 4 is 15.9 Å². The molecule has 0 heterocycles. The highest BCUT2D eigenvalue weighted by Crippen LogP contribution is 2.28. The van der Waals surface area contributed by atoms with Crippen LogP contribution in [0.3, 0.4) is 0 Å². The van der Waals surface area contributed by atoms with Crippen LogP contribution < -0.4 is 4.72 Å². The molecule has 0 saturated heterocycles. The fraction of sp³-hybridized carbons (Fsp3) is 0.529. The minimum absolute atomic E-state index is 0.202. The summed E-state index contributed by atoms with van der Waals surface area (Å²) in [5.74, 6) is -0.578. The highest BCUT2D eigenvalue weighted by molar-refractivity contribution is 7.89. The first-order valence-electron chi connectivity index (χ1n) is 7.97. The zero-order chi connectivity index (χ0) is 17.6.